The number of fused-ring (bicyclic) bond motifs is 2. The lowest BCUT2D eigenvalue weighted by Gasteiger charge is -2.22. The molecule has 5 aromatic rings. The largest absolute Gasteiger partial charge is 0.340 e. The fourth-order valence-corrected chi connectivity index (χ4v) is 6.24. The van der Waals surface area contributed by atoms with Crippen LogP contribution in [0.15, 0.2) is 85.6 Å². The van der Waals surface area contributed by atoms with Gasteiger partial charge in [0.05, 0.1) is 17.1 Å². The van der Waals surface area contributed by atoms with E-state index in [1.54, 1.807) is 4.68 Å². The minimum Gasteiger partial charge on any atom is -0.340 e. The first kappa shape index (κ1) is 25.3. The van der Waals surface area contributed by atoms with Gasteiger partial charge >= 0.3 is 0 Å². The van der Waals surface area contributed by atoms with Crippen molar-refractivity contribution in [2.24, 2.45) is 5.10 Å². The molecule has 0 unspecified atom stereocenters. The Bertz CT molecular complexity index is 1730. The Labute approximate surface area is 238 Å². The van der Waals surface area contributed by atoms with E-state index in [1.165, 1.54) is 12.0 Å². The molecule has 6 rings (SSSR count). The molecule has 0 amide bonds. The van der Waals surface area contributed by atoms with Crippen molar-refractivity contribution in [3.05, 3.63) is 109 Å². The van der Waals surface area contributed by atoms with E-state index in [0.717, 1.165) is 74.7 Å². The average molecular weight is 632 g/mol. The van der Waals surface area contributed by atoms with Crippen molar-refractivity contribution in [3.8, 4) is 0 Å². The van der Waals surface area contributed by atoms with Crippen LogP contribution in [0.25, 0.3) is 21.8 Å². The van der Waals surface area contributed by atoms with Gasteiger partial charge in [0.25, 0.3) is 5.56 Å². The topological polar surface area (TPSA) is 52.2 Å². The van der Waals surface area contributed by atoms with Crippen LogP contribution in [-0.4, -0.2) is 20.4 Å². The van der Waals surface area contributed by atoms with Crippen LogP contribution in [-0.2, 0) is 6.54 Å². The molecule has 7 heteroatoms. The van der Waals surface area contributed by atoms with Crippen LogP contribution in [0.5, 0.6) is 0 Å². The predicted octanol–water partition coefficient (Wildman–Crippen LogP) is 8.16. The Kier molecular flexibility index (Phi) is 7.06. The fourth-order valence-electron chi connectivity index (χ4n) is 5.61. The van der Waals surface area contributed by atoms with Gasteiger partial charge in [-0.25, -0.2) is 4.98 Å². The van der Waals surface area contributed by atoms with Gasteiger partial charge in [0.2, 0.25) is 0 Å². The molecule has 1 saturated carbocycles. The fraction of sp³-hybridized carbons (Fsp3) is 0.258. The van der Waals surface area contributed by atoms with E-state index in [4.69, 9.17) is 10.1 Å². The van der Waals surface area contributed by atoms with Gasteiger partial charge in [0, 0.05) is 43.6 Å². The molecule has 38 heavy (non-hydrogen) atoms. The van der Waals surface area contributed by atoms with Crippen LogP contribution in [0.4, 0.5) is 0 Å². The van der Waals surface area contributed by atoms with Crippen LogP contribution in [0.1, 0.15) is 60.7 Å². The van der Waals surface area contributed by atoms with Crippen LogP contribution in [0.2, 0.25) is 0 Å². The maximum absolute atomic E-state index is 13.8. The van der Waals surface area contributed by atoms with Crippen LogP contribution >= 0.6 is 31.9 Å². The quantitative estimate of drug-likeness (QED) is 0.184. The van der Waals surface area contributed by atoms with Gasteiger partial charge in [-0.1, -0.05) is 81.5 Å². The molecule has 0 bridgehead atoms. The molecule has 2 heterocycles. The lowest BCUT2D eigenvalue weighted by atomic mass is 9.88. The Morgan fingerprint density at radius 1 is 0.947 bits per heavy atom. The number of halogens is 2. The lowest BCUT2D eigenvalue weighted by molar-refractivity contribution is 0.416. The van der Waals surface area contributed by atoms with Crippen molar-refractivity contribution >= 4 is 59.9 Å². The monoisotopic (exact) mass is 630 g/mol. The zero-order chi connectivity index (χ0) is 26.2. The molecule has 0 saturated heterocycles. The van der Waals surface area contributed by atoms with Crippen LogP contribution < -0.4 is 5.56 Å². The summed E-state index contributed by atoms with van der Waals surface area (Å²) < 4.78 is 5.81. The van der Waals surface area contributed by atoms with E-state index in [1.807, 2.05) is 24.4 Å². The van der Waals surface area contributed by atoms with Gasteiger partial charge in [-0.15, -0.1) is 0 Å². The van der Waals surface area contributed by atoms with Gasteiger partial charge < -0.3 is 4.57 Å². The number of rotatable bonds is 5. The zero-order valence-electron chi connectivity index (χ0n) is 21.2. The highest BCUT2D eigenvalue weighted by molar-refractivity contribution is 9.10. The third-order valence-electron chi connectivity index (χ3n) is 7.64. The number of aromatic nitrogens is 3. The molecule has 0 aliphatic heterocycles. The summed E-state index contributed by atoms with van der Waals surface area (Å²) in [7, 11) is 0. The molecular weight excluding hydrogens is 604 g/mol. The Balaban J connectivity index is 1.49. The molecule has 5 nitrogen and oxygen atoms in total. The molecule has 1 fully saturated rings. The molecule has 0 spiro atoms. The number of para-hydroxylation sites is 1. The number of benzene rings is 3. The minimum atomic E-state index is -0.121. The van der Waals surface area contributed by atoms with E-state index in [-0.39, 0.29) is 11.5 Å². The van der Waals surface area contributed by atoms with E-state index in [9.17, 15) is 4.79 Å². The number of hydrogen-bond donors (Lipinski definition) is 0. The molecule has 192 valence electrons. The maximum Gasteiger partial charge on any atom is 0.282 e. The summed E-state index contributed by atoms with van der Waals surface area (Å²) in [5.41, 5.74) is 5.11. The van der Waals surface area contributed by atoms with Crippen molar-refractivity contribution in [2.75, 3.05) is 0 Å². The summed E-state index contributed by atoms with van der Waals surface area (Å²) in [6, 6.07) is 22.5. The molecular formula is C31H28Br2N4O. The standard InChI is InChI=1S/C31H28Br2N4O/c1-20-27(25-9-5-6-10-29(25)36(20)19-21-11-13-23(32)14-12-21)18-34-37-30(22-7-3-2-4-8-22)35-28-16-15-24(33)17-26(28)31(37)38/h5-6,9-18,22H,2-4,7-8,19H2,1H3. The number of nitrogens with zero attached hydrogens (tertiary/aromatic N) is 4. The van der Waals surface area contributed by atoms with E-state index in [0.29, 0.717) is 5.39 Å². The van der Waals surface area contributed by atoms with Gasteiger partial charge in [0.15, 0.2) is 0 Å². The van der Waals surface area contributed by atoms with E-state index >= 15 is 0 Å². The van der Waals surface area contributed by atoms with Crippen molar-refractivity contribution in [1.29, 1.82) is 0 Å². The lowest BCUT2D eigenvalue weighted by Crippen LogP contribution is -2.25. The second-order valence-corrected chi connectivity index (χ2v) is 11.9. The van der Waals surface area contributed by atoms with Crippen molar-refractivity contribution in [2.45, 2.75) is 51.5 Å². The highest BCUT2D eigenvalue weighted by Crippen LogP contribution is 2.32. The minimum absolute atomic E-state index is 0.121. The first-order valence-electron chi connectivity index (χ1n) is 13.1. The van der Waals surface area contributed by atoms with Crippen molar-refractivity contribution in [1.82, 2.24) is 14.2 Å². The molecule has 0 N–H and O–H groups in total. The highest BCUT2D eigenvalue weighted by Gasteiger charge is 2.23. The molecule has 0 atom stereocenters. The first-order valence-corrected chi connectivity index (χ1v) is 14.7. The third-order valence-corrected chi connectivity index (χ3v) is 8.66. The summed E-state index contributed by atoms with van der Waals surface area (Å²) in [4.78, 5) is 18.8. The number of hydrogen-bond acceptors (Lipinski definition) is 3. The van der Waals surface area contributed by atoms with Gasteiger partial charge in [-0.2, -0.15) is 9.78 Å². The second-order valence-electron chi connectivity index (χ2n) is 10.1. The average Bonchev–Trinajstić information content (AvgIpc) is 3.20. The predicted molar refractivity (Wildman–Crippen MR) is 162 cm³/mol. The van der Waals surface area contributed by atoms with Gasteiger partial charge in [-0.05, 0) is 61.7 Å². The molecule has 0 radical (unpaired) electrons. The summed E-state index contributed by atoms with van der Waals surface area (Å²) in [5, 5.41) is 6.55. The summed E-state index contributed by atoms with van der Waals surface area (Å²) in [6.45, 7) is 2.88. The maximum atomic E-state index is 13.8. The summed E-state index contributed by atoms with van der Waals surface area (Å²) >= 11 is 7.04. The Hall–Kier alpha value is -3.03. The first-order chi connectivity index (χ1) is 18.5. The SMILES string of the molecule is Cc1c(C=Nn2c(C3CCCCC3)nc3ccc(Br)cc3c2=O)c2ccccc2n1Cc1ccc(Br)cc1. The summed E-state index contributed by atoms with van der Waals surface area (Å²) in [6.07, 6.45) is 7.48. The Morgan fingerprint density at radius 2 is 1.68 bits per heavy atom. The van der Waals surface area contributed by atoms with Crippen molar-refractivity contribution < 1.29 is 0 Å². The molecule has 3 aromatic carbocycles. The molecule has 2 aromatic heterocycles. The van der Waals surface area contributed by atoms with E-state index in [2.05, 4.69) is 91.9 Å². The van der Waals surface area contributed by atoms with E-state index < -0.39 is 0 Å². The van der Waals surface area contributed by atoms with Crippen LogP contribution in [0.3, 0.4) is 0 Å². The normalized spacial score (nSPS) is 14.7. The second kappa shape index (κ2) is 10.6. The van der Waals surface area contributed by atoms with Gasteiger partial charge in [-0.3, -0.25) is 4.79 Å². The van der Waals surface area contributed by atoms with Crippen LogP contribution in [0, 0.1) is 6.92 Å². The molecule has 1 aliphatic carbocycles. The van der Waals surface area contributed by atoms with Crippen molar-refractivity contribution in [3.63, 3.8) is 0 Å². The molecule has 1 aliphatic rings. The smallest absolute Gasteiger partial charge is 0.282 e. The summed E-state index contributed by atoms with van der Waals surface area (Å²) in [5.74, 6) is 1.01. The third kappa shape index (κ3) is 4.78. The Morgan fingerprint density at radius 3 is 2.47 bits per heavy atom. The highest BCUT2D eigenvalue weighted by atomic mass is 79.9. The zero-order valence-corrected chi connectivity index (χ0v) is 24.4. The van der Waals surface area contributed by atoms with Gasteiger partial charge in [0.1, 0.15) is 5.82 Å².